The van der Waals surface area contributed by atoms with Crippen LogP contribution >= 0.6 is 0 Å². The van der Waals surface area contributed by atoms with Crippen molar-refractivity contribution < 1.29 is 27.6 Å². The van der Waals surface area contributed by atoms with E-state index in [1.165, 1.54) is 12.1 Å². The molecule has 2 saturated heterocycles. The zero-order valence-electron chi connectivity index (χ0n) is 14.7. The Bertz CT molecular complexity index is 755. The number of hydrogen-bond acceptors (Lipinski definition) is 3. The number of urea groups is 1. The number of nitrogens with zero attached hydrogens (tertiary/aromatic N) is 1. The zero-order chi connectivity index (χ0) is 19.8. The summed E-state index contributed by atoms with van der Waals surface area (Å²) in [5.41, 5.74) is -1.20. The number of halogens is 3. The van der Waals surface area contributed by atoms with Crippen LogP contribution in [0.15, 0.2) is 24.3 Å². The number of carbonyl (C=O) groups is 3. The SMILES string of the molecule is C[C@@]1(C2CCN(C(=O)Cc3ccc(C(F)(F)F)cc3)CC2)NC(=O)NC1=O. The predicted molar refractivity (Wildman–Crippen MR) is 89.5 cm³/mol. The molecule has 0 radical (unpaired) electrons. The molecule has 9 heteroatoms. The van der Waals surface area contributed by atoms with Gasteiger partial charge in [-0.2, -0.15) is 13.2 Å². The fourth-order valence-electron chi connectivity index (χ4n) is 3.65. The van der Waals surface area contributed by atoms with E-state index in [1.54, 1.807) is 11.8 Å². The summed E-state index contributed by atoms with van der Waals surface area (Å²) in [6.45, 7) is 2.54. The van der Waals surface area contributed by atoms with Crippen LogP contribution in [0.25, 0.3) is 0 Å². The Morgan fingerprint density at radius 1 is 1.19 bits per heavy atom. The van der Waals surface area contributed by atoms with E-state index >= 15 is 0 Å². The van der Waals surface area contributed by atoms with Gasteiger partial charge in [-0.25, -0.2) is 4.79 Å². The van der Waals surface area contributed by atoms with Crippen LogP contribution in [-0.4, -0.2) is 41.4 Å². The highest BCUT2D eigenvalue weighted by Gasteiger charge is 2.48. The molecule has 2 fully saturated rings. The summed E-state index contributed by atoms with van der Waals surface area (Å²) in [5.74, 6) is -0.612. The van der Waals surface area contributed by atoms with Crippen LogP contribution in [0.3, 0.4) is 0 Å². The molecule has 6 nitrogen and oxygen atoms in total. The lowest BCUT2D eigenvalue weighted by atomic mass is 9.79. The highest BCUT2D eigenvalue weighted by molar-refractivity contribution is 6.07. The van der Waals surface area contributed by atoms with Gasteiger partial charge in [-0.15, -0.1) is 0 Å². The van der Waals surface area contributed by atoms with Crippen LogP contribution in [0.2, 0.25) is 0 Å². The van der Waals surface area contributed by atoms with Gasteiger partial charge in [0.05, 0.1) is 12.0 Å². The topological polar surface area (TPSA) is 78.5 Å². The van der Waals surface area contributed by atoms with Crippen molar-refractivity contribution in [3.8, 4) is 0 Å². The van der Waals surface area contributed by atoms with Crippen LogP contribution in [-0.2, 0) is 22.2 Å². The highest BCUT2D eigenvalue weighted by atomic mass is 19.4. The maximum atomic E-state index is 12.6. The lowest BCUT2D eigenvalue weighted by Gasteiger charge is -2.38. The molecule has 2 aliphatic heterocycles. The molecular formula is C18H20F3N3O3. The summed E-state index contributed by atoms with van der Waals surface area (Å²) in [7, 11) is 0. The average molecular weight is 383 g/mol. The van der Waals surface area contributed by atoms with Crippen LogP contribution in [0, 0.1) is 5.92 Å². The summed E-state index contributed by atoms with van der Waals surface area (Å²) in [4.78, 5) is 37.5. The number of piperidine rings is 1. The zero-order valence-corrected chi connectivity index (χ0v) is 14.7. The molecule has 146 valence electrons. The first-order valence-electron chi connectivity index (χ1n) is 8.67. The van der Waals surface area contributed by atoms with Gasteiger partial charge in [0.2, 0.25) is 5.91 Å². The van der Waals surface area contributed by atoms with Gasteiger partial charge in [-0.05, 0) is 43.4 Å². The molecule has 27 heavy (non-hydrogen) atoms. The highest BCUT2D eigenvalue weighted by Crippen LogP contribution is 2.31. The van der Waals surface area contributed by atoms with Crippen molar-refractivity contribution in [1.82, 2.24) is 15.5 Å². The Morgan fingerprint density at radius 2 is 1.78 bits per heavy atom. The smallest absolute Gasteiger partial charge is 0.342 e. The lowest BCUT2D eigenvalue weighted by Crippen LogP contribution is -2.54. The third-order valence-corrected chi connectivity index (χ3v) is 5.37. The summed E-state index contributed by atoms with van der Waals surface area (Å²) >= 11 is 0. The van der Waals surface area contributed by atoms with E-state index < -0.39 is 23.3 Å². The number of alkyl halides is 3. The molecule has 4 amide bonds. The predicted octanol–water partition coefficient (Wildman–Crippen LogP) is 2.08. The summed E-state index contributed by atoms with van der Waals surface area (Å²) < 4.78 is 37.8. The van der Waals surface area contributed by atoms with Gasteiger partial charge in [0.25, 0.3) is 5.91 Å². The van der Waals surface area contributed by atoms with Gasteiger partial charge in [0, 0.05) is 13.1 Å². The maximum Gasteiger partial charge on any atom is 0.416 e. The normalized spacial score (nSPS) is 23.9. The molecule has 0 aliphatic carbocycles. The molecule has 1 atom stereocenters. The molecule has 2 heterocycles. The van der Waals surface area contributed by atoms with E-state index in [4.69, 9.17) is 0 Å². The van der Waals surface area contributed by atoms with Crippen molar-refractivity contribution in [2.24, 2.45) is 5.92 Å². The molecule has 0 aromatic heterocycles. The number of rotatable bonds is 3. The van der Waals surface area contributed by atoms with Crippen LogP contribution < -0.4 is 10.6 Å². The molecule has 0 spiro atoms. The summed E-state index contributed by atoms with van der Waals surface area (Å²) in [6, 6.07) is 4.05. The van der Waals surface area contributed by atoms with Crippen molar-refractivity contribution in [1.29, 1.82) is 0 Å². The third-order valence-electron chi connectivity index (χ3n) is 5.37. The first kappa shape index (κ1) is 19.2. The molecule has 0 bridgehead atoms. The number of hydrogen-bond donors (Lipinski definition) is 2. The fourth-order valence-corrected chi connectivity index (χ4v) is 3.65. The molecule has 2 aliphatic rings. The first-order chi connectivity index (χ1) is 12.6. The van der Waals surface area contributed by atoms with E-state index in [0.717, 1.165) is 12.1 Å². The van der Waals surface area contributed by atoms with Crippen LogP contribution in [0.5, 0.6) is 0 Å². The van der Waals surface area contributed by atoms with Crippen molar-refractivity contribution >= 4 is 17.8 Å². The van der Waals surface area contributed by atoms with Crippen LogP contribution in [0.4, 0.5) is 18.0 Å². The molecule has 0 unspecified atom stereocenters. The molecule has 0 saturated carbocycles. The van der Waals surface area contributed by atoms with Crippen LogP contribution in [0.1, 0.15) is 30.9 Å². The Labute approximate surface area is 154 Å². The summed E-state index contributed by atoms with van der Waals surface area (Å²) in [5, 5.41) is 4.89. The lowest BCUT2D eigenvalue weighted by molar-refractivity contribution is -0.137. The van der Waals surface area contributed by atoms with Gasteiger partial charge in [0.15, 0.2) is 0 Å². The van der Waals surface area contributed by atoms with Gasteiger partial charge in [-0.1, -0.05) is 12.1 Å². The van der Waals surface area contributed by atoms with Crippen molar-refractivity contribution in [2.45, 2.75) is 37.9 Å². The Morgan fingerprint density at radius 3 is 2.26 bits per heavy atom. The largest absolute Gasteiger partial charge is 0.416 e. The molecular weight excluding hydrogens is 363 g/mol. The number of carbonyl (C=O) groups excluding carboxylic acids is 3. The average Bonchev–Trinajstić information content (AvgIpc) is 2.87. The molecule has 1 aromatic rings. The van der Waals surface area contributed by atoms with E-state index in [-0.39, 0.29) is 24.2 Å². The number of likely N-dealkylation sites (tertiary alicyclic amines) is 1. The Kier molecular flexibility index (Phi) is 4.88. The number of amides is 4. The first-order valence-corrected chi connectivity index (χ1v) is 8.67. The maximum absolute atomic E-state index is 12.6. The van der Waals surface area contributed by atoms with Crippen molar-refractivity contribution in [3.63, 3.8) is 0 Å². The van der Waals surface area contributed by atoms with E-state index in [2.05, 4.69) is 10.6 Å². The quantitative estimate of drug-likeness (QED) is 0.785. The minimum absolute atomic E-state index is 0.0251. The fraction of sp³-hybridized carbons (Fsp3) is 0.500. The molecule has 1 aromatic carbocycles. The number of imide groups is 1. The van der Waals surface area contributed by atoms with E-state index in [1.807, 2.05) is 0 Å². The minimum atomic E-state index is -4.40. The van der Waals surface area contributed by atoms with Gasteiger partial charge in [-0.3, -0.25) is 14.9 Å². The standard InChI is InChI=1S/C18H20F3N3O3/c1-17(15(26)22-16(27)23-17)12-6-8-24(9-7-12)14(25)10-11-2-4-13(5-3-11)18(19,20)21/h2-5,12H,6-10H2,1H3,(H2,22,23,26,27)/t17-/m0/s1. The Balaban J connectivity index is 1.56. The second-order valence-corrected chi connectivity index (χ2v) is 7.14. The number of benzene rings is 1. The molecule has 3 rings (SSSR count). The third kappa shape index (κ3) is 3.91. The minimum Gasteiger partial charge on any atom is -0.342 e. The van der Waals surface area contributed by atoms with Gasteiger partial charge >= 0.3 is 12.2 Å². The van der Waals surface area contributed by atoms with Crippen molar-refractivity contribution in [3.05, 3.63) is 35.4 Å². The monoisotopic (exact) mass is 383 g/mol. The summed E-state index contributed by atoms with van der Waals surface area (Å²) in [6.07, 6.45) is -3.26. The van der Waals surface area contributed by atoms with Gasteiger partial charge < -0.3 is 10.2 Å². The van der Waals surface area contributed by atoms with E-state index in [9.17, 15) is 27.6 Å². The number of nitrogens with one attached hydrogen (secondary N) is 2. The molecule has 2 N–H and O–H groups in total. The second kappa shape index (κ2) is 6.86. The van der Waals surface area contributed by atoms with E-state index in [0.29, 0.717) is 31.5 Å². The second-order valence-electron chi connectivity index (χ2n) is 7.14. The van der Waals surface area contributed by atoms with Gasteiger partial charge in [0.1, 0.15) is 5.54 Å². The Hall–Kier alpha value is -2.58. The van der Waals surface area contributed by atoms with Crippen molar-refractivity contribution in [2.75, 3.05) is 13.1 Å².